The summed E-state index contributed by atoms with van der Waals surface area (Å²) in [6, 6.07) is 13.2. The highest BCUT2D eigenvalue weighted by Crippen LogP contribution is 2.50. The highest BCUT2D eigenvalue weighted by Gasteiger charge is 2.55. The molecule has 152 valence electrons. The van der Waals surface area contributed by atoms with Crippen LogP contribution >= 0.6 is 0 Å². The molecule has 1 aliphatic rings. The first-order chi connectivity index (χ1) is 13.6. The number of Topliss-reactive ketones (excluding diaryl/α,β-unsaturated/α-hetero) is 1. The summed E-state index contributed by atoms with van der Waals surface area (Å²) in [4.78, 5) is 39.2. The van der Waals surface area contributed by atoms with Gasteiger partial charge in [0.25, 0.3) is 5.91 Å². The number of rotatable bonds is 4. The number of ketones is 1. The molecule has 0 saturated heterocycles. The van der Waals surface area contributed by atoms with Crippen molar-refractivity contribution in [1.82, 2.24) is 0 Å². The molecule has 0 bridgehead atoms. The van der Waals surface area contributed by atoms with Crippen molar-refractivity contribution < 1.29 is 23.5 Å². The smallest absolute Gasteiger partial charge is 0.421 e. The second-order valence-electron chi connectivity index (χ2n) is 8.23. The van der Waals surface area contributed by atoms with Gasteiger partial charge in [0.15, 0.2) is 0 Å². The number of carbonyl (C=O) groups excluding carboxylic acids is 3. The van der Waals surface area contributed by atoms with Gasteiger partial charge in [-0.25, -0.2) is 14.1 Å². The third kappa shape index (κ3) is 3.67. The molecule has 29 heavy (non-hydrogen) atoms. The molecule has 0 saturated carbocycles. The van der Waals surface area contributed by atoms with E-state index in [2.05, 4.69) is 0 Å². The Balaban J connectivity index is 2.25. The van der Waals surface area contributed by atoms with Crippen molar-refractivity contribution in [2.75, 3.05) is 4.90 Å². The highest BCUT2D eigenvalue weighted by atomic mass is 19.1. The van der Waals surface area contributed by atoms with E-state index in [1.165, 1.54) is 19.1 Å². The largest absolute Gasteiger partial charge is 0.443 e. The third-order valence-corrected chi connectivity index (χ3v) is 4.93. The molecule has 0 N–H and O–H groups in total. The van der Waals surface area contributed by atoms with Crippen LogP contribution in [0.4, 0.5) is 14.9 Å². The zero-order valence-corrected chi connectivity index (χ0v) is 17.0. The van der Waals surface area contributed by atoms with Gasteiger partial charge in [-0.2, -0.15) is 0 Å². The maximum Gasteiger partial charge on any atom is 0.421 e. The normalized spacial score (nSPS) is 18.5. The van der Waals surface area contributed by atoms with Crippen LogP contribution in [0.25, 0.3) is 0 Å². The fourth-order valence-electron chi connectivity index (χ4n) is 3.73. The van der Waals surface area contributed by atoms with E-state index in [0.717, 1.165) is 4.90 Å². The van der Waals surface area contributed by atoms with Gasteiger partial charge in [0.1, 0.15) is 22.6 Å². The molecular formula is C23H24FNO4. The molecule has 2 aromatic rings. The Labute approximate surface area is 169 Å². The number of para-hydroxylation sites is 1. The van der Waals surface area contributed by atoms with Gasteiger partial charge in [-0.05, 0) is 51.3 Å². The van der Waals surface area contributed by atoms with E-state index in [4.69, 9.17) is 4.74 Å². The quantitative estimate of drug-likeness (QED) is 0.746. The van der Waals surface area contributed by atoms with Crippen LogP contribution < -0.4 is 4.90 Å². The molecule has 0 unspecified atom stereocenters. The number of halogens is 1. The van der Waals surface area contributed by atoms with E-state index < -0.39 is 28.8 Å². The first-order valence-corrected chi connectivity index (χ1v) is 9.49. The van der Waals surface area contributed by atoms with Crippen LogP contribution in [0.5, 0.6) is 0 Å². The zero-order valence-electron chi connectivity index (χ0n) is 17.0. The minimum Gasteiger partial charge on any atom is -0.443 e. The van der Waals surface area contributed by atoms with Gasteiger partial charge >= 0.3 is 6.09 Å². The number of nitrogens with zero attached hydrogens (tertiary/aromatic N) is 1. The third-order valence-electron chi connectivity index (χ3n) is 4.93. The van der Waals surface area contributed by atoms with Crippen LogP contribution in [0, 0.1) is 5.82 Å². The SMILES string of the molecule is CC(=O)CC[C@@]1(c2ccccc2)C(=O)N(C(=O)OC(C)(C)C)c2c(F)cccc21. The van der Waals surface area contributed by atoms with E-state index >= 15 is 0 Å². The van der Waals surface area contributed by atoms with Gasteiger partial charge < -0.3 is 9.53 Å². The summed E-state index contributed by atoms with van der Waals surface area (Å²) in [6.07, 6.45) is -0.700. The number of carbonyl (C=O) groups is 3. The Morgan fingerprint density at radius 3 is 2.31 bits per heavy atom. The fraction of sp³-hybridized carbons (Fsp3) is 0.348. The summed E-state index contributed by atoms with van der Waals surface area (Å²) in [5, 5.41) is 0. The van der Waals surface area contributed by atoms with Crippen molar-refractivity contribution in [3.63, 3.8) is 0 Å². The molecule has 6 heteroatoms. The standard InChI is InChI=1S/C23H24FNO4/c1-15(26)13-14-23(16-9-6-5-7-10-16)17-11-8-12-18(24)19(17)25(20(23)27)21(28)29-22(2,3)4/h5-12H,13-14H2,1-4H3/t23-/m0/s1. The summed E-state index contributed by atoms with van der Waals surface area (Å²) in [5.41, 5.74) is -1.36. The number of hydrogen-bond donors (Lipinski definition) is 0. The van der Waals surface area contributed by atoms with E-state index in [0.29, 0.717) is 11.1 Å². The van der Waals surface area contributed by atoms with Crippen molar-refractivity contribution in [2.24, 2.45) is 0 Å². The fourth-order valence-corrected chi connectivity index (χ4v) is 3.73. The van der Waals surface area contributed by atoms with Crippen LogP contribution in [0.1, 0.15) is 51.7 Å². The van der Waals surface area contributed by atoms with Crippen molar-refractivity contribution >= 4 is 23.5 Å². The molecule has 0 aliphatic carbocycles. The molecule has 2 amide bonds. The first kappa shape index (κ1) is 20.7. The van der Waals surface area contributed by atoms with E-state index in [1.807, 2.05) is 0 Å². The predicted octanol–water partition coefficient (Wildman–Crippen LogP) is 4.76. The predicted molar refractivity (Wildman–Crippen MR) is 107 cm³/mol. The van der Waals surface area contributed by atoms with Crippen molar-refractivity contribution in [3.05, 3.63) is 65.5 Å². The molecule has 1 heterocycles. The van der Waals surface area contributed by atoms with Gasteiger partial charge in [0.2, 0.25) is 0 Å². The maximum absolute atomic E-state index is 14.9. The van der Waals surface area contributed by atoms with E-state index in [9.17, 15) is 18.8 Å². The average molecular weight is 397 g/mol. The van der Waals surface area contributed by atoms with Crippen LogP contribution in [0.2, 0.25) is 0 Å². The minimum atomic E-state index is -1.35. The van der Waals surface area contributed by atoms with Crippen LogP contribution in [-0.4, -0.2) is 23.4 Å². The minimum absolute atomic E-state index is 0.0956. The molecule has 0 radical (unpaired) electrons. The molecule has 3 rings (SSSR count). The number of fused-ring (bicyclic) bond motifs is 1. The molecular weight excluding hydrogens is 373 g/mol. The maximum atomic E-state index is 14.9. The van der Waals surface area contributed by atoms with Gasteiger partial charge in [0.05, 0.1) is 5.69 Å². The number of imide groups is 1. The zero-order chi connectivity index (χ0) is 21.4. The lowest BCUT2D eigenvalue weighted by atomic mass is 9.72. The summed E-state index contributed by atoms with van der Waals surface area (Å²) in [6.45, 7) is 6.46. The van der Waals surface area contributed by atoms with Gasteiger partial charge in [-0.3, -0.25) is 4.79 Å². The summed E-state index contributed by atoms with van der Waals surface area (Å²) >= 11 is 0. The Kier molecular flexibility index (Phi) is 5.30. The Morgan fingerprint density at radius 2 is 1.72 bits per heavy atom. The molecule has 5 nitrogen and oxygen atoms in total. The second kappa shape index (κ2) is 7.43. The lowest BCUT2D eigenvalue weighted by Crippen LogP contribution is -2.46. The van der Waals surface area contributed by atoms with E-state index in [-0.39, 0.29) is 24.3 Å². The van der Waals surface area contributed by atoms with Crippen molar-refractivity contribution in [3.8, 4) is 0 Å². The molecule has 2 aromatic carbocycles. The van der Waals surface area contributed by atoms with Crippen LogP contribution in [0.15, 0.2) is 48.5 Å². The van der Waals surface area contributed by atoms with Gasteiger partial charge in [0, 0.05) is 6.42 Å². The summed E-state index contributed by atoms with van der Waals surface area (Å²) in [5.74, 6) is -1.40. The number of benzene rings is 2. The average Bonchev–Trinajstić information content (AvgIpc) is 2.89. The van der Waals surface area contributed by atoms with Crippen molar-refractivity contribution in [1.29, 1.82) is 0 Å². The Bertz CT molecular complexity index is 965. The highest BCUT2D eigenvalue weighted by molar-refractivity contribution is 6.22. The molecule has 0 spiro atoms. The van der Waals surface area contributed by atoms with Crippen LogP contribution in [-0.2, 0) is 19.7 Å². The summed E-state index contributed by atoms with van der Waals surface area (Å²) in [7, 11) is 0. The monoisotopic (exact) mass is 397 g/mol. The second-order valence-corrected chi connectivity index (χ2v) is 8.23. The van der Waals surface area contributed by atoms with Crippen molar-refractivity contribution in [2.45, 2.75) is 51.6 Å². The number of anilines is 1. The molecule has 1 aliphatic heterocycles. The lowest BCUT2D eigenvalue weighted by molar-refractivity contribution is -0.122. The number of amides is 2. The first-order valence-electron chi connectivity index (χ1n) is 9.49. The van der Waals surface area contributed by atoms with E-state index in [1.54, 1.807) is 57.2 Å². The van der Waals surface area contributed by atoms with Gasteiger partial charge in [-0.15, -0.1) is 0 Å². The lowest BCUT2D eigenvalue weighted by Gasteiger charge is -2.29. The van der Waals surface area contributed by atoms with Crippen LogP contribution in [0.3, 0.4) is 0 Å². The number of ether oxygens (including phenoxy) is 1. The molecule has 0 fully saturated rings. The molecule has 0 aromatic heterocycles. The van der Waals surface area contributed by atoms with Gasteiger partial charge in [-0.1, -0.05) is 42.5 Å². The summed E-state index contributed by atoms with van der Waals surface area (Å²) < 4.78 is 20.3. The Morgan fingerprint density at radius 1 is 1.07 bits per heavy atom. The topological polar surface area (TPSA) is 63.7 Å². The molecule has 1 atom stereocenters. The number of hydrogen-bond acceptors (Lipinski definition) is 4. The Hall–Kier alpha value is -3.02.